The fraction of sp³-hybridized carbons (Fsp3) is 0.263. The van der Waals surface area contributed by atoms with Gasteiger partial charge in [-0.2, -0.15) is 0 Å². The highest BCUT2D eigenvalue weighted by Crippen LogP contribution is 2.26. The van der Waals surface area contributed by atoms with Crippen LogP contribution >= 0.6 is 0 Å². The predicted molar refractivity (Wildman–Crippen MR) is 92.5 cm³/mol. The maximum atomic E-state index is 12.3. The number of rotatable bonds is 6. The quantitative estimate of drug-likeness (QED) is 0.827. The van der Waals surface area contributed by atoms with Crippen molar-refractivity contribution in [1.82, 2.24) is 0 Å². The molecule has 0 spiro atoms. The molecular formula is C19H21NO4. The lowest BCUT2D eigenvalue weighted by molar-refractivity contribution is -0.115. The van der Waals surface area contributed by atoms with E-state index in [4.69, 9.17) is 9.47 Å². The summed E-state index contributed by atoms with van der Waals surface area (Å²) in [7, 11) is 2.82. The van der Waals surface area contributed by atoms with Crippen LogP contribution in [0.25, 0.3) is 0 Å². The van der Waals surface area contributed by atoms with Gasteiger partial charge in [-0.15, -0.1) is 0 Å². The van der Waals surface area contributed by atoms with Crippen LogP contribution in [0.5, 0.6) is 5.75 Å². The molecule has 126 valence electrons. The Balaban J connectivity index is 2.13. The van der Waals surface area contributed by atoms with Gasteiger partial charge in [-0.3, -0.25) is 4.79 Å². The normalized spacial score (nSPS) is 10.1. The number of aryl methyl sites for hydroxylation is 1. The third-order valence-electron chi connectivity index (χ3n) is 3.69. The highest BCUT2D eigenvalue weighted by Gasteiger charge is 2.13. The lowest BCUT2D eigenvalue weighted by atomic mass is 10.1. The summed E-state index contributed by atoms with van der Waals surface area (Å²) in [5.41, 5.74) is 2.94. The van der Waals surface area contributed by atoms with Gasteiger partial charge in [0.15, 0.2) is 0 Å². The Hall–Kier alpha value is -2.82. The Kier molecular flexibility index (Phi) is 5.95. The molecule has 0 saturated carbocycles. The van der Waals surface area contributed by atoms with Crippen LogP contribution in [-0.4, -0.2) is 26.1 Å². The van der Waals surface area contributed by atoms with Crippen LogP contribution in [0.15, 0.2) is 42.5 Å². The molecule has 0 aromatic heterocycles. The summed E-state index contributed by atoms with van der Waals surface area (Å²) in [5, 5.41) is 2.79. The summed E-state index contributed by atoms with van der Waals surface area (Å²) in [6.45, 7) is 2.09. The Morgan fingerprint density at radius 2 is 1.67 bits per heavy atom. The fourth-order valence-electron chi connectivity index (χ4n) is 2.32. The van der Waals surface area contributed by atoms with E-state index in [0.717, 1.165) is 12.0 Å². The molecule has 2 rings (SSSR count). The van der Waals surface area contributed by atoms with Gasteiger partial charge >= 0.3 is 5.97 Å². The Morgan fingerprint density at radius 1 is 1.00 bits per heavy atom. The summed E-state index contributed by atoms with van der Waals surface area (Å²) in [6, 6.07) is 12.7. The first-order valence-corrected chi connectivity index (χ1v) is 7.71. The fourth-order valence-corrected chi connectivity index (χ4v) is 2.32. The second-order valence-corrected chi connectivity index (χ2v) is 5.30. The third kappa shape index (κ3) is 4.35. The molecule has 0 radical (unpaired) electrons. The molecule has 0 aliphatic heterocycles. The molecule has 0 aliphatic rings. The molecule has 0 saturated heterocycles. The van der Waals surface area contributed by atoms with E-state index in [1.54, 1.807) is 18.2 Å². The van der Waals surface area contributed by atoms with E-state index in [2.05, 4.69) is 12.2 Å². The van der Waals surface area contributed by atoms with Crippen molar-refractivity contribution in [3.8, 4) is 5.75 Å². The highest BCUT2D eigenvalue weighted by atomic mass is 16.5. The van der Waals surface area contributed by atoms with Gasteiger partial charge in [0.05, 0.1) is 31.9 Å². The second-order valence-electron chi connectivity index (χ2n) is 5.30. The molecule has 24 heavy (non-hydrogen) atoms. The van der Waals surface area contributed by atoms with E-state index in [-0.39, 0.29) is 12.3 Å². The molecule has 0 bridgehead atoms. The predicted octanol–water partition coefficient (Wildman–Crippen LogP) is 3.23. The van der Waals surface area contributed by atoms with Gasteiger partial charge in [0, 0.05) is 0 Å². The number of hydrogen-bond acceptors (Lipinski definition) is 4. The van der Waals surface area contributed by atoms with Crippen molar-refractivity contribution in [2.24, 2.45) is 0 Å². The summed E-state index contributed by atoms with van der Waals surface area (Å²) in [4.78, 5) is 23.9. The first-order chi connectivity index (χ1) is 11.6. The van der Waals surface area contributed by atoms with E-state index in [1.165, 1.54) is 19.8 Å². The third-order valence-corrected chi connectivity index (χ3v) is 3.69. The number of carbonyl (C=O) groups excluding carboxylic acids is 2. The molecule has 0 aliphatic carbocycles. The topological polar surface area (TPSA) is 64.6 Å². The molecule has 1 amide bonds. The molecule has 2 aromatic rings. The van der Waals surface area contributed by atoms with E-state index < -0.39 is 5.97 Å². The van der Waals surface area contributed by atoms with Crippen molar-refractivity contribution in [2.45, 2.75) is 19.8 Å². The van der Waals surface area contributed by atoms with E-state index >= 15 is 0 Å². The standard InChI is InChI=1S/C19H21NO4/c1-4-13-5-7-14(8-6-13)11-18(21)20-16-12-15(19(22)24-3)9-10-17(16)23-2/h5-10,12H,4,11H2,1-3H3,(H,20,21). The lowest BCUT2D eigenvalue weighted by Crippen LogP contribution is -2.15. The molecule has 0 atom stereocenters. The number of benzene rings is 2. The highest BCUT2D eigenvalue weighted by molar-refractivity contribution is 5.96. The maximum Gasteiger partial charge on any atom is 0.337 e. The number of esters is 1. The van der Waals surface area contributed by atoms with Gasteiger partial charge in [0.2, 0.25) is 5.91 Å². The minimum Gasteiger partial charge on any atom is -0.495 e. The molecule has 5 heteroatoms. The summed E-state index contributed by atoms with van der Waals surface area (Å²) in [5.74, 6) is -0.166. The lowest BCUT2D eigenvalue weighted by Gasteiger charge is -2.12. The van der Waals surface area contributed by atoms with Gasteiger partial charge < -0.3 is 14.8 Å². The Morgan fingerprint density at radius 3 is 2.25 bits per heavy atom. The minimum absolute atomic E-state index is 0.181. The summed E-state index contributed by atoms with van der Waals surface area (Å²) in [6.07, 6.45) is 1.21. The second kappa shape index (κ2) is 8.15. The summed E-state index contributed by atoms with van der Waals surface area (Å²) < 4.78 is 9.92. The largest absolute Gasteiger partial charge is 0.495 e. The number of ether oxygens (including phenoxy) is 2. The zero-order chi connectivity index (χ0) is 17.5. The van der Waals surface area contributed by atoms with Gasteiger partial charge in [-0.05, 0) is 35.7 Å². The number of anilines is 1. The first-order valence-electron chi connectivity index (χ1n) is 7.71. The molecule has 5 nitrogen and oxygen atoms in total. The van der Waals surface area contributed by atoms with Gasteiger partial charge in [-0.1, -0.05) is 31.2 Å². The number of hydrogen-bond donors (Lipinski definition) is 1. The van der Waals surface area contributed by atoms with Crippen LogP contribution in [0.4, 0.5) is 5.69 Å². The van der Waals surface area contributed by atoms with Crippen LogP contribution in [0.1, 0.15) is 28.4 Å². The number of amides is 1. The zero-order valence-electron chi connectivity index (χ0n) is 14.1. The van der Waals surface area contributed by atoms with E-state index in [9.17, 15) is 9.59 Å². The number of nitrogens with one attached hydrogen (secondary N) is 1. The van der Waals surface area contributed by atoms with Crippen LogP contribution < -0.4 is 10.1 Å². The van der Waals surface area contributed by atoms with Gasteiger partial charge in [0.1, 0.15) is 5.75 Å². The smallest absolute Gasteiger partial charge is 0.337 e. The Bertz CT molecular complexity index is 723. The van der Waals surface area contributed by atoms with Gasteiger partial charge in [0.25, 0.3) is 0 Å². The summed E-state index contributed by atoms with van der Waals surface area (Å²) >= 11 is 0. The molecule has 2 aromatic carbocycles. The molecular weight excluding hydrogens is 306 g/mol. The van der Waals surface area contributed by atoms with Crippen molar-refractivity contribution in [3.63, 3.8) is 0 Å². The zero-order valence-corrected chi connectivity index (χ0v) is 14.1. The molecule has 0 unspecified atom stereocenters. The number of carbonyl (C=O) groups is 2. The van der Waals surface area contributed by atoms with Crippen LogP contribution in [0.3, 0.4) is 0 Å². The van der Waals surface area contributed by atoms with Crippen LogP contribution in [0.2, 0.25) is 0 Å². The molecule has 0 heterocycles. The van der Waals surface area contributed by atoms with Crippen molar-refractivity contribution in [3.05, 3.63) is 59.2 Å². The van der Waals surface area contributed by atoms with Crippen molar-refractivity contribution >= 4 is 17.6 Å². The molecule has 0 fully saturated rings. The maximum absolute atomic E-state index is 12.3. The average molecular weight is 327 g/mol. The van der Waals surface area contributed by atoms with Crippen molar-refractivity contribution in [1.29, 1.82) is 0 Å². The SMILES string of the molecule is CCc1ccc(CC(=O)Nc2cc(C(=O)OC)ccc2OC)cc1. The van der Waals surface area contributed by atoms with Crippen molar-refractivity contribution < 1.29 is 19.1 Å². The van der Waals surface area contributed by atoms with E-state index in [0.29, 0.717) is 17.0 Å². The van der Waals surface area contributed by atoms with Crippen molar-refractivity contribution in [2.75, 3.05) is 19.5 Å². The van der Waals surface area contributed by atoms with Gasteiger partial charge in [-0.25, -0.2) is 4.79 Å². The van der Waals surface area contributed by atoms with E-state index in [1.807, 2.05) is 24.3 Å². The Labute approximate surface area is 141 Å². The number of methoxy groups -OCH3 is 2. The van der Waals surface area contributed by atoms with Crippen LogP contribution in [-0.2, 0) is 22.4 Å². The minimum atomic E-state index is -0.469. The molecule has 1 N–H and O–H groups in total. The van der Waals surface area contributed by atoms with Crippen LogP contribution in [0, 0.1) is 0 Å². The first kappa shape index (κ1) is 17.5. The average Bonchev–Trinajstić information content (AvgIpc) is 2.61. The monoisotopic (exact) mass is 327 g/mol.